The lowest BCUT2D eigenvalue weighted by atomic mass is 9.96. The lowest BCUT2D eigenvalue weighted by Gasteiger charge is -2.27. The molecular weight excluding hydrogens is 513 g/mol. The largest absolute Gasteiger partial charge is 0.476 e. The summed E-state index contributed by atoms with van der Waals surface area (Å²) in [5, 5.41) is 24.8. The molecule has 15 heteroatoms. The fourth-order valence-corrected chi connectivity index (χ4v) is 7.40. The molecule has 2 aromatic rings. The van der Waals surface area contributed by atoms with Crippen molar-refractivity contribution in [3.05, 3.63) is 12.2 Å². The van der Waals surface area contributed by atoms with E-state index in [0.717, 1.165) is 11.4 Å². The van der Waals surface area contributed by atoms with Gasteiger partial charge in [0.1, 0.15) is 29.7 Å². The van der Waals surface area contributed by atoms with Crippen LogP contribution in [-0.2, 0) is 23.4 Å². The third kappa shape index (κ3) is 6.01. The number of nitrogens with zero attached hydrogens (tertiary/aromatic N) is 4. The molecule has 1 aliphatic rings. The number of rotatable bonds is 12. The fourth-order valence-electron chi connectivity index (χ4n) is 3.79. The van der Waals surface area contributed by atoms with Gasteiger partial charge in [-0.2, -0.15) is 4.98 Å². The number of hydrogen-bond acceptors (Lipinski definition) is 12. The molecule has 0 spiro atoms. The number of nitrogens with one attached hydrogen (secondary N) is 1. The molecule has 0 aliphatic carbocycles. The van der Waals surface area contributed by atoms with Crippen molar-refractivity contribution in [3.8, 4) is 5.88 Å². The van der Waals surface area contributed by atoms with Gasteiger partial charge in [0.25, 0.3) is 0 Å². The van der Waals surface area contributed by atoms with Gasteiger partial charge in [-0.3, -0.25) is 13.9 Å². The van der Waals surface area contributed by atoms with Gasteiger partial charge in [0.15, 0.2) is 17.4 Å². The van der Waals surface area contributed by atoms with E-state index in [9.17, 15) is 19.6 Å². The third-order valence-corrected chi connectivity index (χ3v) is 9.71. The zero-order valence-electron chi connectivity index (χ0n) is 21.2. The van der Waals surface area contributed by atoms with Gasteiger partial charge < -0.3 is 28.9 Å². The number of hydrogen-bond donors (Lipinski definition) is 3. The number of aromatic nitrogens is 4. The Hall–Kier alpha value is -1.80. The Kier molecular flexibility index (Phi) is 9.36. The Morgan fingerprint density at radius 2 is 2.08 bits per heavy atom. The molecule has 3 rings (SSSR count). The molecule has 0 saturated carbocycles. The molecular formula is C21H34N5O8PS. The lowest BCUT2D eigenvalue weighted by molar-refractivity contribution is -0.144. The molecule has 202 valence electrons. The quantitative estimate of drug-likeness (QED) is 0.261. The summed E-state index contributed by atoms with van der Waals surface area (Å²) in [7, 11) is 0. The highest BCUT2D eigenvalue weighted by molar-refractivity contribution is 8.56. The molecule has 3 heterocycles. The molecule has 3 N–H and O–H groups in total. The van der Waals surface area contributed by atoms with Crippen molar-refractivity contribution >= 4 is 35.2 Å². The molecule has 36 heavy (non-hydrogen) atoms. The first-order valence-corrected chi connectivity index (χ1v) is 14.9. The SMILES string of the molecule is CCOC(=O)[C@@H](C)N[P@@](=O)(OC[C@H]1O[C@@H](n2cnc3c(OCC)nc(C)nc32)[C@](C)(O)[C@@H]1O)SCC. The number of aliphatic hydroxyl groups is 2. The zero-order valence-corrected chi connectivity index (χ0v) is 22.9. The number of fused-ring (bicyclic) bond motifs is 1. The van der Waals surface area contributed by atoms with Gasteiger partial charge in [0, 0.05) is 5.75 Å². The summed E-state index contributed by atoms with van der Waals surface area (Å²) in [6.07, 6.45) is -2.09. The van der Waals surface area contributed by atoms with Gasteiger partial charge in [-0.25, -0.2) is 15.1 Å². The highest BCUT2D eigenvalue weighted by atomic mass is 32.7. The monoisotopic (exact) mass is 547 g/mol. The number of esters is 1. The number of imidazole rings is 1. The minimum Gasteiger partial charge on any atom is -0.476 e. The predicted molar refractivity (Wildman–Crippen MR) is 133 cm³/mol. The van der Waals surface area contributed by atoms with Crippen molar-refractivity contribution in [2.24, 2.45) is 0 Å². The molecule has 2 aromatic heterocycles. The second-order valence-corrected chi connectivity index (χ2v) is 12.9. The molecule has 1 aliphatic heterocycles. The highest BCUT2D eigenvalue weighted by Crippen LogP contribution is 2.56. The van der Waals surface area contributed by atoms with Crippen LogP contribution in [0.2, 0.25) is 0 Å². The third-order valence-electron chi connectivity index (χ3n) is 5.49. The summed E-state index contributed by atoms with van der Waals surface area (Å²) >= 11 is 1.00. The Morgan fingerprint density at radius 1 is 1.36 bits per heavy atom. The maximum Gasteiger partial charge on any atom is 0.327 e. The van der Waals surface area contributed by atoms with E-state index in [4.69, 9.17) is 18.7 Å². The van der Waals surface area contributed by atoms with Crippen molar-refractivity contribution in [3.63, 3.8) is 0 Å². The summed E-state index contributed by atoms with van der Waals surface area (Å²) in [5.74, 6) is 0.617. The topological polar surface area (TPSA) is 167 Å². The molecule has 0 amide bonds. The van der Waals surface area contributed by atoms with Crippen LogP contribution in [0.25, 0.3) is 11.2 Å². The van der Waals surface area contributed by atoms with Crippen molar-refractivity contribution in [2.75, 3.05) is 25.6 Å². The highest BCUT2D eigenvalue weighted by Gasteiger charge is 2.54. The number of carbonyl (C=O) groups excluding carboxylic acids is 1. The van der Waals surface area contributed by atoms with E-state index in [0.29, 0.717) is 35.2 Å². The first kappa shape index (κ1) is 28.8. The number of ether oxygens (including phenoxy) is 3. The minimum absolute atomic E-state index is 0.189. The van der Waals surface area contributed by atoms with Crippen LogP contribution in [0.5, 0.6) is 5.88 Å². The number of aryl methyl sites for hydroxylation is 1. The predicted octanol–water partition coefficient (Wildman–Crippen LogP) is 1.96. The molecule has 6 atom stereocenters. The van der Waals surface area contributed by atoms with E-state index in [1.165, 1.54) is 24.7 Å². The van der Waals surface area contributed by atoms with Gasteiger partial charge in [-0.05, 0) is 34.6 Å². The van der Waals surface area contributed by atoms with E-state index >= 15 is 0 Å². The molecule has 13 nitrogen and oxygen atoms in total. The van der Waals surface area contributed by atoms with Gasteiger partial charge >= 0.3 is 12.7 Å². The van der Waals surface area contributed by atoms with Crippen molar-refractivity contribution in [2.45, 2.75) is 71.6 Å². The second kappa shape index (κ2) is 11.7. The molecule has 0 bridgehead atoms. The normalized spacial score (nSPS) is 26.6. The molecule has 0 aromatic carbocycles. The number of carbonyl (C=O) groups is 1. The maximum absolute atomic E-state index is 13.4. The van der Waals surface area contributed by atoms with Crippen LogP contribution >= 0.6 is 18.1 Å². The Labute approximate surface area is 213 Å². The second-order valence-electron chi connectivity index (χ2n) is 8.34. The Bertz CT molecular complexity index is 1120. The molecule has 0 radical (unpaired) electrons. The summed E-state index contributed by atoms with van der Waals surface area (Å²) in [5.41, 5.74) is -1.01. The molecule has 1 fully saturated rings. The fraction of sp³-hybridized carbons (Fsp3) is 0.714. The summed E-state index contributed by atoms with van der Waals surface area (Å²) < 4.78 is 37.0. The summed E-state index contributed by atoms with van der Waals surface area (Å²) in [6.45, 7) is 6.62. The molecule has 0 unspecified atom stereocenters. The Morgan fingerprint density at radius 3 is 2.72 bits per heavy atom. The summed E-state index contributed by atoms with van der Waals surface area (Å²) in [4.78, 5) is 25.0. The minimum atomic E-state index is -3.58. The standard InChI is InChI=1S/C21H34N5O8PS/c1-7-31-18-15-17(23-13(5)24-18)26(11-22-15)20-21(6,29)16(27)14(34-20)10-33-35(30,36-9-3)25-12(4)19(28)32-8-2/h11-12,14,16,20,27,29H,7-10H2,1-6H3,(H,25,30)/t12-,14-,16-,20-,21-,35-/m1/s1. The zero-order chi connectivity index (χ0) is 26.7. The van der Waals surface area contributed by atoms with Gasteiger partial charge in [0.05, 0.1) is 26.1 Å². The first-order valence-electron chi connectivity index (χ1n) is 11.7. The average Bonchev–Trinajstić information content (AvgIpc) is 3.31. The van der Waals surface area contributed by atoms with E-state index < -0.39 is 42.8 Å². The smallest absolute Gasteiger partial charge is 0.327 e. The van der Waals surface area contributed by atoms with Crippen molar-refractivity contribution in [1.29, 1.82) is 0 Å². The van der Waals surface area contributed by atoms with Crippen LogP contribution < -0.4 is 9.82 Å². The maximum atomic E-state index is 13.4. The van der Waals surface area contributed by atoms with Crippen LogP contribution in [0.3, 0.4) is 0 Å². The lowest BCUT2D eigenvalue weighted by Crippen LogP contribution is -2.44. The van der Waals surface area contributed by atoms with Crippen LogP contribution in [0.1, 0.15) is 46.7 Å². The Balaban J connectivity index is 1.81. The van der Waals surface area contributed by atoms with Gasteiger partial charge in [0.2, 0.25) is 5.88 Å². The van der Waals surface area contributed by atoms with E-state index in [-0.39, 0.29) is 13.2 Å². The van der Waals surface area contributed by atoms with Crippen LogP contribution in [0, 0.1) is 6.92 Å². The van der Waals surface area contributed by atoms with Crippen LogP contribution in [0.4, 0.5) is 0 Å². The number of aliphatic hydroxyl groups excluding tert-OH is 1. The van der Waals surface area contributed by atoms with E-state index in [2.05, 4.69) is 20.0 Å². The summed E-state index contributed by atoms with van der Waals surface area (Å²) in [6, 6.07) is -0.875. The van der Waals surface area contributed by atoms with Gasteiger partial charge in [-0.15, -0.1) is 0 Å². The van der Waals surface area contributed by atoms with Crippen LogP contribution in [0.15, 0.2) is 6.33 Å². The van der Waals surface area contributed by atoms with Gasteiger partial charge in [-0.1, -0.05) is 18.3 Å². The van der Waals surface area contributed by atoms with E-state index in [1.807, 2.05) is 6.92 Å². The molecule has 1 saturated heterocycles. The first-order chi connectivity index (χ1) is 17.0. The van der Waals surface area contributed by atoms with Crippen LogP contribution in [-0.4, -0.2) is 85.1 Å². The van der Waals surface area contributed by atoms with E-state index in [1.54, 1.807) is 20.8 Å². The average molecular weight is 548 g/mol. The van der Waals surface area contributed by atoms with Crippen molar-refractivity contribution in [1.82, 2.24) is 24.6 Å². The van der Waals surface area contributed by atoms with Crippen molar-refractivity contribution < 1.29 is 38.3 Å².